The van der Waals surface area contributed by atoms with E-state index in [1.54, 1.807) is 6.08 Å². The Morgan fingerprint density at radius 3 is 2.75 bits per heavy atom. The van der Waals surface area contributed by atoms with Crippen LogP contribution in [0.1, 0.15) is 23.4 Å². The lowest BCUT2D eigenvalue weighted by molar-refractivity contribution is -0.120. The average molecular weight is 221 g/mol. The quantitative estimate of drug-likeness (QED) is 0.601. The molecule has 0 aliphatic rings. The van der Waals surface area contributed by atoms with Crippen LogP contribution in [0.2, 0.25) is 0 Å². The summed E-state index contributed by atoms with van der Waals surface area (Å²) in [6, 6.07) is 0. The van der Waals surface area contributed by atoms with Crippen molar-refractivity contribution in [2.24, 2.45) is 7.05 Å². The second-order valence-corrected chi connectivity index (χ2v) is 3.88. The van der Waals surface area contributed by atoms with Gasteiger partial charge in [0.1, 0.15) is 0 Å². The Balaban J connectivity index is 2.59. The predicted octanol–water partition coefficient (Wildman–Crippen LogP) is 1.27. The maximum atomic E-state index is 11.6. The lowest BCUT2D eigenvalue weighted by atomic mass is 10.1. The monoisotopic (exact) mass is 221 g/mol. The van der Waals surface area contributed by atoms with Gasteiger partial charge in [-0.15, -0.1) is 6.58 Å². The largest absolute Gasteiger partial charge is 0.356 e. The molecule has 0 atom stereocenters. The van der Waals surface area contributed by atoms with E-state index in [4.69, 9.17) is 0 Å². The highest BCUT2D eigenvalue weighted by Crippen LogP contribution is 2.12. The van der Waals surface area contributed by atoms with Crippen LogP contribution in [0.5, 0.6) is 0 Å². The zero-order valence-electron chi connectivity index (χ0n) is 10.2. The smallest absolute Gasteiger partial charge is 0.224 e. The third-order valence-electron chi connectivity index (χ3n) is 2.67. The zero-order chi connectivity index (χ0) is 12.1. The van der Waals surface area contributed by atoms with Gasteiger partial charge in [-0.05, 0) is 20.3 Å². The Kier molecular flexibility index (Phi) is 4.28. The maximum Gasteiger partial charge on any atom is 0.224 e. The summed E-state index contributed by atoms with van der Waals surface area (Å²) in [6.45, 7) is 8.17. The van der Waals surface area contributed by atoms with Crippen molar-refractivity contribution in [1.82, 2.24) is 15.1 Å². The molecule has 1 aromatic rings. The van der Waals surface area contributed by atoms with Crippen molar-refractivity contribution in [1.29, 1.82) is 0 Å². The summed E-state index contributed by atoms with van der Waals surface area (Å²) in [5, 5.41) is 7.13. The number of rotatable bonds is 5. The first-order valence-corrected chi connectivity index (χ1v) is 5.43. The van der Waals surface area contributed by atoms with Crippen LogP contribution in [0.15, 0.2) is 12.7 Å². The molecule has 16 heavy (non-hydrogen) atoms. The van der Waals surface area contributed by atoms with Gasteiger partial charge in [-0.1, -0.05) is 6.08 Å². The van der Waals surface area contributed by atoms with Crippen LogP contribution >= 0.6 is 0 Å². The molecule has 4 nitrogen and oxygen atoms in total. The summed E-state index contributed by atoms with van der Waals surface area (Å²) in [4.78, 5) is 11.6. The molecule has 1 N–H and O–H groups in total. The molecule has 1 amide bonds. The number of amides is 1. The van der Waals surface area contributed by atoms with Crippen LogP contribution in [-0.4, -0.2) is 22.2 Å². The minimum atomic E-state index is 0.0426. The number of nitrogens with zero attached hydrogens (tertiary/aromatic N) is 2. The summed E-state index contributed by atoms with van der Waals surface area (Å²) in [7, 11) is 1.89. The van der Waals surface area contributed by atoms with E-state index in [-0.39, 0.29) is 5.91 Å². The third kappa shape index (κ3) is 2.95. The first kappa shape index (κ1) is 12.5. The molecule has 0 aliphatic heterocycles. The van der Waals surface area contributed by atoms with Gasteiger partial charge in [0, 0.05) is 24.8 Å². The number of hydrogen-bond donors (Lipinski definition) is 1. The summed E-state index contributed by atoms with van der Waals surface area (Å²) in [5.74, 6) is 0.0426. The Bertz CT molecular complexity index is 393. The summed E-state index contributed by atoms with van der Waals surface area (Å²) in [5.41, 5.74) is 3.01. The van der Waals surface area contributed by atoms with Gasteiger partial charge in [-0.3, -0.25) is 9.48 Å². The van der Waals surface area contributed by atoms with Crippen molar-refractivity contribution in [2.75, 3.05) is 6.54 Å². The lowest BCUT2D eigenvalue weighted by Crippen LogP contribution is -2.26. The Morgan fingerprint density at radius 2 is 2.25 bits per heavy atom. The van der Waals surface area contributed by atoms with E-state index in [9.17, 15) is 4.79 Å². The van der Waals surface area contributed by atoms with E-state index >= 15 is 0 Å². The fourth-order valence-electron chi connectivity index (χ4n) is 1.61. The van der Waals surface area contributed by atoms with Gasteiger partial charge in [-0.25, -0.2) is 0 Å². The topological polar surface area (TPSA) is 46.9 Å². The molecule has 0 radical (unpaired) electrons. The highest BCUT2D eigenvalue weighted by Gasteiger charge is 2.12. The SMILES string of the molecule is C=CCCNC(=O)Cc1c(C)nn(C)c1C. The lowest BCUT2D eigenvalue weighted by Gasteiger charge is -2.04. The molecular weight excluding hydrogens is 202 g/mol. The van der Waals surface area contributed by atoms with Crippen molar-refractivity contribution >= 4 is 5.91 Å². The van der Waals surface area contributed by atoms with Crippen LogP contribution in [0.25, 0.3) is 0 Å². The maximum absolute atomic E-state index is 11.6. The molecule has 0 saturated heterocycles. The first-order valence-electron chi connectivity index (χ1n) is 5.43. The van der Waals surface area contributed by atoms with E-state index in [1.807, 2.05) is 25.6 Å². The van der Waals surface area contributed by atoms with E-state index in [0.29, 0.717) is 13.0 Å². The van der Waals surface area contributed by atoms with E-state index in [0.717, 1.165) is 23.4 Å². The van der Waals surface area contributed by atoms with Gasteiger partial charge < -0.3 is 5.32 Å². The van der Waals surface area contributed by atoms with Crippen LogP contribution in [0.3, 0.4) is 0 Å². The molecule has 1 heterocycles. The van der Waals surface area contributed by atoms with Crippen molar-refractivity contribution in [3.63, 3.8) is 0 Å². The normalized spacial score (nSPS) is 10.2. The van der Waals surface area contributed by atoms with Crippen molar-refractivity contribution in [2.45, 2.75) is 26.7 Å². The van der Waals surface area contributed by atoms with Gasteiger partial charge in [0.15, 0.2) is 0 Å². The molecule has 0 aliphatic carbocycles. The van der Waals surface area contributed by atoms with Crippen molar-refractivity contribution < 1.29 is 4.79 Å². The number of aryl methyl sites for hydroxylation is 2. The summed E-state index contributed by atoms with van der Waals surface area (Å²) < 4.78 is 1.81. The van der Waals surface area contributed by atoms with Gasteiger partial charge in [0.05, 0.1) is 12.1 Å². The molecule has 0 aromatic carbocycles. The molecule has 88 valence electrons. The standard InChI is InChI=1S/C12H19N3O/c1-5-6-7-13-12(16)8-11-9(2)14-15(4)10(11)3/h5H,1,6-8H2,2-4H3,(H,13,16). The van der Waals surface area contributed by atoms with Crippen molar-refractivity contribution in [3.05, 3.63) is 29.6 Å². The Labute approximate surface area is 96.3 Å². The molecule has 0 spiro atoms. The van der Waals surface area contributed by atoms with E-state index in [2.05, 4.69) is 17.0 Å². The molecule has 0 unspecified atom stereocenters. The van der Waals surface area contributed by atoms with E-state index in [1.165, 1.54) is 0 Å². The second kappa shape index (κ2) is 5.49. The minimum Gasteiger partial charge on any atom is -0.356 e. The predicted molar refractivity (Wildman–Crippen MR) is 64.2 cm³/mol. The molecule has 4 heteroatoms. The van der Waals surface area contributed by atoms with Crippen LogP contribution in [-0.2, 0) is 18.3 Å². The summed E-state index contributed by atoms with van der Waals surface area (Å²) >= 11 is 0. The number of hydrogen-bond acceptors (Lipinski definition) is 2. The molecule has 1 aromatic heterocycles. The number of carbonyl (C=O) groups is 1. The zero-order valence-corrected chi connectivity index (χ0v) is 10.2. The Hall–Kier alpha value is -1.58. The fraction of sp³-hybridized carbons (Fsp3) is 0.500. The van der Waals surface area contributed by atoms with Gasteiger partial charge in [0.25, 0.3) is 0 Å². The van der Waals surface area contributed by atoms with Gasteiger partial charge in [0.2, 0.25) is 5.91 Å². The third-order valence-corrected chi connectivity index (χ3v) is 2.67. The van der Waals surface area contributed by atoms with Crippen LogP contribution in [0, 0.1) is 13.8 Å². The number of nitrogens with one attached hydrogen (secondary N) is 1. The highest BCUT2D eigenvalue weighted by atomic mass is 16.1. The number of aromatic nitrogens is 2. The van der Waals surface area contributed by atoms with Gasteiger partial charge in [-0.2, -0.15) is 5.10 Å². The average Bonchev–Trinajstić information content (AvgIpc) is 2.46. The van der Waals surface area contributed by atoms with Crippen LogP contribution in [0.4, 0.5) is 0 Å². The summed E-state index contributed by atoms with van der Waals surface area (Å²) in [6.07, 6.45) is 3.00. The Morgan fingerprint density at radius 1 is 1.56 bits per heavy atom. The van der Waals surface area contributed by atoms with Crippen molar-refractivity contribution in [3.8, 4) is 0 Å². The molecular formula is C12H19N3O. The molecule has 0 bridgehead atoms. The number of carbonyl (C=O) groups excluding carboxylic acids is 1. The van der Waals surface area contributed by atoms with Crippen LogP contribution < -0.4 is 5.32 Å². The molecule has 0 fully saturated rings. The second-order valence-electron chi connectivity index (χ2n) is 3.88. The minimum absolute atomic E-state index is 0.0426. The molecule has 0 saturated carbocycles. The first-order chi connectivity index (χ1) is 7.56. The van der Waals surface area contributed by atoms with E-state index < -0.39 is 0 Å². The fourth-order valence-corrected chi connectivity index (χ4v) is 1.61. The van der Waals surface area contributed by atoms with Gasteiger partial charge >= 0.3 is 0 Å². The highest BCUT2D eigenvalue weighted by molar-refractivity contribution is 5.79. The molecule has 1 rings (SSSR count).